The fourth-order valence-corrected chi connectivity index (χ4v) is 5.53. The summed E-state index contributed by atoms with van der Waals surface area (Å²) in [6, 6.07) is 4.29. The van der Waals surface area contributed by atoms with E-state index in [9.17, 15) is 5.11 Å². The fraction of sp³-hybridized carbons (Fsp3) is 0.542. The van der Waals surface area contributed by atoms with Gasteiger partial charge in [0.25, 0.3) is 0 Å². The van der Waals surface area contributed by atoms with Gasteiger partial charge in [0.1, 0.15) is 6.17 Å². The SMILES string of the molecule is Cc1cc2cnc(Nc3cnn(C4CC4)c3Cl)nc2cc1C1CCN([C@@H]2COCC2O)CC1F. The van der Waals surface area contributed by atoms with Crippen molar-refractivity contribution in [1.29, 1.82) is 0 Å². The van der Waals surface area contributed by atoms with Gasteiger partial charge in [0.05, 0.1) is 48.8 Å². The van der Waals surface area contributed by atoms with Gasteiger partial charge in [-0.2, -0.15) is 5.10 Å². The Labute approximate surface area is 202 Å². The monoisotopic (exact) mass is 486 g/mol. The smallest absolute Gasteiger partial charge is 0.227 e. The van der Waals surface area contributed by atoms with Crippen LogP contribution in [0.2, 0.25) is 5.15 Å². The van der Waals surface area contributed by atoms with Gasteiger partial charge in [-0.25, -0.2) is 19.0 Å². The van der Waals surface area contributed by atoms with Gasteiger partial charge in [-0.3, -0.25) is 4.90 Å². The second kappa shape index (κ2) is 8.71. The third-order valence-electron chi connectivity index (χ3n) is 7.30. The molecule has 2 aliphatic heterocycles. The average molecular weight is 487 g/mol. The normalized spacial score (nSPS) is 28.0. The molecule has 6 rings (SSSR count). The number of aryl methyl sites for hydroxylation is 1. The number of aromatic nitrogens is 4. The maximum atomic E-state index is 15.4. The lowest BCUT2D eigenvalue weighted by Gasteiger charge is -2.39. The molecular weight excluding hydrogens is 459 g/mol. The van der Waals surface area contributed by atoms with Crippen molar-refractivity contribution in [3.63, 3.8) is 0 Å². The van der Waals surface area contributed by atoms with E-state index < -0.39 is 12.3 Å². The summed E-state index contributed by atoms with van der Waals surface area (Å²) in [6.45, 7) is 3.83. The lowest BCUT2D eigenvalue weighted by atomic mass is 9.84. The van der Waals surface area contributed by atoms with Gasteiger partial charge < -0.3 is 15.2 Å². The molecule has 0 amide bonds. The van der Waals surface area contributed by atoms with Gasteiger partial charge in [0.2, 0.25) is 5.95 Å². The first-order valence-corrected chi connectivity index (χ1v) is 12.3. The number of rotatable bonds is 5. The molecule has 1 saturated carbocycles. The molecule has 34 heavy (non-hydrogen) atoms. The van der Waals surface area contributed by atoms with E-state index in [0.29, 0.717) is 49.0 Å². The highest BCUT2D eigenvalue weighted by Gasteiger charge is 2.38. The molecule has 0 radical (unpaired) electrons. The van der Waals surface area contributed by atoms with E-state index in [1.165, 1.54) is 0 Å². The van der Waals surface area contributed by atoms with Crippen LogP contribution in [0, 0.1) is 6.92 Å². The van der Waals surface area contributed by atoms with Crippen molar-refractivity contribution in [3.05, 3.63) is 40.8 Å². The lowest BCUT2D eigenvalue weighted by molar-refractivity contribution is 0.0352. The zero-order valence-electron chi connectivity index (χ0n) is 19.0. The van der Waals surface area contributed by atoms with E-state index >= 15 is 4.39 Å². The number of hydrogen-bond acceptors (Lipinski definition) is 7. The van der Waals surface area contributed by atoms with Crippen molar-refractivity contribution in [2.24, 2.45) is 0 Å². The van der Waals surface area contributed by atoms with Crippen LogP contribution in [0.5, 0.6) is 0 Å². The van der Waals surface area contributed by atoms with Crippen LogP contribution in [0.1, 0.15) is 42.3 Å². The predicted molar refractivity (Wildman–Crippen MR) is 128 cm³/mol. The number of nitrogens with zero attached hydrogens (tertiary/aromatic N) is 5. The van der Waals surface area contributed by atoms with Crippen LogP contribution in [0.3, 0.4) is 0 Å². The molecule has 3 aromatic rings. The number of benzene rings is 1. The molecule has 2 saturated heterocycles. The topological polar surface area (TPSA) is 88.3 Å². The second-order valence-electron chi connectivity index (χ2n) is 9.69. The molecule has 1 aliphatic carbocycles. The number of halogens is 2. The van der Waals surface area contributed by atoms with E-state index in [1.54, 1.807) is 12.4 Å². The predicted octanol–water partition coefficient (Wildman–Crippen LogP) is 3.75. The quantitative estimate of drug-likeness (QED) is 0.567. The molecule has 3 fully saturated rings. The van der Waals surface area contributed by atoms with Gasteiger partial charge in [0.15, 0.2) is 5.15 Å². The number of ether oxygens (including phenoxy) is 1. The van der Waals surface area contributed by atoms with Gasteiger partial charge in [-0.05, 0) is 56.0 Å². The van der Waals surface area contributed by atoms with Crippen LogP contribution in [-0.2, 0) is 4.74 Å². The van der Waals surface area contributed by atoms with Crippen molar-refractivity contribution < 1.29 is 14.2 Å². The Morgan fingerprint density at radius 3 is 2.79 bits per heavy atom. The van der Waals surface area contributed by atoms with Crippen LogP contribution in [0.25, 0.3) is 10.9 Å². The fourth-order valence-electron chi connectivity index (χ4n) is 5.25. The average Bonchev–Trinajstić information content (AvgIpc) is 3.47. The zero-order chi connectivity index (χ0) is 23.4. The van der Waals surface area contributed by atoms with Gasteiger partial charge in [-0.15, -0.1) is 0 Å². The Hall–Kier alpha value is -2.33. The highest BCUT2D eigenvalue weighted by molar-refractivity contribution is 6.32. The van der Waals surface area contributed by atoms with Gasteiger partial charge in [-0.1, -0.05) is 11.6 Å². The highest BCUT2D eigenvalue weighted by atomic mass is 35.5. The molecule has 2 aromatic heterocycles. The minimum absolute atomic E-state index is 0.116. The van der Waals surface area contributed by atoms with Crippen molar-refractivity contribution in [1.82, 2.24) is 24.6 Å². The molecule has 2 N–H and O–H groups in total. The summed E-state index contributed by atoms with van der Waals surface area (Å²) < 4.78 is 22.6. The molecule has 4 heterocycles. The number of hydrogen-bond donors (Lipinski definition) is 2. The lowest BCUT2D eigenvalue weighted by Crippen LogP contribution is -2.50. The molecule has 0 spiro atoms. The summed E-state index contributed by atoms with van der Waals surface area (Å²) in [6.07, 6.45) is 4.78. The van der Waals surface area contributed by atoms with Gasteiger partial charge >= 0.3 is 0 Å². The van der Waals surface area contributed by atoms with Crippen molar-refractivity contribution in [2.75, 3.05) is 31.6 Å². The van der Waals surface area contributed by atoms with Crippen molar-refractivity contribution in [2.45, 2.75) is 56.5 Å². The first kappa shape index (κ1) is 22.2. The third kappa shape index (κ3) is 4.04. The number of anilines is 2. The molecular formula is C24H28ClFN6O2. The van der Waals surface area contributed by atoms with Crippen LogP contribution in [-0.4, -0.2) is 74.4 Å². The number of fused-ring (bicyclic) bond motifs is 1. The molecule has 0 bridgehead atoms. The first-order chi connectivity index (χ1) is 16.5. The number of likely N-dealkylation sites (tertiary alicyclic amines) is 1. The Morgan fingerprint density at radius 1 is 1.21 bits per heavy atom. The Morgan fingerprint density at radius 2 is 2.06 bits per heavy atom. The number of piperidine rings is 1. The summed E-state index contributed by atoms with van der Waals surface area (Å²) in [7, 11) is 0. The zero-order valence-corrected chi connectivity index (χ0v) is 19.7. The van der Waals surface area contributed by atoms with E-state index in [1.807, 2.05) is 28.6 Å². The summed E-state index contributed by atoms with van der Waals surface area (Å²) in [5, 5.41) is 19.1. The van der Waals surface area contributed by atoms with E-state index in [-0.39, 0.29) is 12.0 Å². The molecule has 180 valence electrons. The standard InChI is InChI=1S/C24H28ClFN6O2/c1-13-6-14-8-27-24(30-20-9-28-32(23(20)25)15-2-3-15)29-19(14)7-17(13)16-4-5-31(10-18(16)26)21-11-34-12-22(21)33/h6-9,15-16,18,21-22,33H,2-5,10-12H2,1H3,(H,27,29,30)/t16?,18?,21-,22?/m1/s1. The minimum Gasteiger partial charge on any atom is -0.389 e. The molecule has 3 unspecified atom stereocenters. The number of nitrogens with one attached hydrogen (secondary N) is 1. The first-order valence-electron chi connectivity index (χ1n) is 11.9. The Kier molecular flexibility index (Phi) is 5.68. The number of aliphatic hydroxyl groups is 1. The van der Waals surface area contributed by atoms with Crippen LogP contribution < -0.4 is 5.32 Å². The second-order valence-corrected chi connectivity index (χ2v) is 10.0. The minimum atomic E-state index is -1.02. The van der Waals surface area contributed by atoms with Crippen LogP contribution in [0.15, 0.2) is 24.5 Å². The summed E-state index contributed by atoms with van der Waals surface area (Å²) in [5.74, 6) is 0.221. The maximum absolute atomic E-state index is 15.4. The maximum Gasteiger partial charge on any atom is 0.227 e. The number of alkyl halides is 1. The molecule has 10 heteroatoms. The molecule has 4 atom stereocenters. The Bertz CT molecular complexity index is 1220. The molecule has 8 nitrogen and oxygen atoms in total. The van der Waals surface area contributed by atoms with E-state index in [2.05, 4.69) is 15.4 Å². The summed E-state index contributed by atoms with van der Waals surface area (Å²) in [4.78, 5) is 11.2. The highest BCUT2D eigenvalue weighted by Crippen LogP contribution is 2.39. The summed E-state index contributed by atoms with van der Waals surface area (Å²) in [5.41, 5.74) is 3.45. The summed E-state index contributed by atoms with van der Waals surface area (Å²) >= 11 is 6.47. The van der Waals surface area contributed by atoms with E-state index in [4.69, 9.17) is 21.3 Å². The van der Waals surface area contributed by atoms with Crippen molar-refractivity contribution in [3.8, 4) is 0 Å². The largest absolute Gasteiger partial charge is 0.389 e. The molecule has 3 aliphatic rings. The number of aliphatic hydroxyl groups excluding tert-OH is 1. The van der Waals surface area contributed by atoms with Crippen molar-refractivity contribution >= 4 is 34.1 Å². The van der Waals surface area contributed by atoms with E-state index in [0.717, 1.165) is 41.4 Å². The van der Waals surface area contributed by atoms with Gasteiger partial charge in [0, 0.05) is 24.0 Å². The molecule has 1 aromatic carbocycles. The van der Waals surface area contributed by atoms with Crippen LogP contribution in [0.4, 0.5) is 16.0 Å². The Balaban J connectivity index is 1.23. The third-order valence-corrected chi connectivity index (χ3v) is 7.68. The van der Waals surface area contributed by atoms with Crippen LogP contribution >= 0.6 is 11.6 Å².